The van der Waals surface area contributed by atoms with Gasteiger partial charge in [-0.1, -0.05) is 33.3 Å². The fraction of sp³-hybridized carbons (Fsp3) is 0.625. The average Bonchev–Trinajstić information content (AvgIpc) is 3.17. The molecule has 0 spiro atoms. The third-order valence-corrected chi connectivity index (χ3v) is 3.87. The minimum Gasteiger partial charge on any atom is -0.478 e. The van der Waals surface area contributed by atoms with Gasteiger partial charge in [-0.2, -0.15) is 0 Å². The summed E-state index contributed by atoms with van der Waals surface area (Å²) in [7, 11) is 0. The summed E-state index contributed by atoms with van der Waals surface area (Å²) in [5, 5.41) is 8.53. The molecule has 1 aliphatic carbocycles. The number of unbranched alkanes of at least 4 members (excludes halogenated alkanes) is 1. The van der Waals surface area contributed by atoms with E-state index in [0.717, 1.165) is 44.6 Å². The van der Waals surface area contributed by atoms with Crippen LogP contribution in [0.5, 0.6) is 0 Å². The van der Waals surface area contributed by atoms with Gasteiger partial charge in [0.1, 0.15) is 5.60 Å². The van der Waals surface area contributed by atoms with E-state index in [1.807, 2.05) is 0 Å². The number of ether oxygens (including phenoxy) is 1. The van der Waals surface area contributed by atoms with Crippen molar-refractivity contribution in [1.82, 2.24) is 0 Å². The summed E-state index contributed by atoms with van der Waals surface area (Å²) in [6.07, 6.45) is 8.22. The van der Waals surface area contributed by atoms with Crippen LogP contribution in [-0.4, -0.2) is 22.6 Å². The van der Waals surface area contributed by atoms with Gasteiger partial charge < -0.3 is 9.84 Å². The van der Waals surface area contributed by atoms with E-state index in [2.05, 4.69) is 20.4 Å². The highest BCUT2D eigenvalue weighted by molar-refractivity contribution is 5.93. The maximum atomic E-state index is 11.9. The number of carbonyl (C=O) groups excluding carboxylic acids is 1. The van der Waals surface area contributed by atoms with Gasteiger partial charge in [0, 0.05) is 6.08 Å². The van der Waals surface area contributed by atoms with Crippen LogP contribution >= 0.6 is 0 Å². The van der Waals surface area contributed by atoms with E-state index in [9.17, 15) is 9.59 Å². The maximum absolute atomic E-state index is 11.9. The Hall–Kier alpha value is -1.58. The van der Waals surface area contributed by atoms with Gasteiger partial charge in [-0.25, -0.2) is 9.59 Å². The largest absolute Gasteiger partial charge is 0.478 e. The number of rotatable bonds is 9. The zero-order valence-corrected chi connectivity index (χ0v) is 12.4. The molecule has 0 aromatic rings. The fourth-order valence-corrected chi connectivity index (χ4v) is 2.50. The quantitative estimate of drug-likeness (QED) is 0.399. The van der Waals surface area contributed by atoms with Crippen molar-refractivity contribution >= 4 is 11.9 Å². The van der Waals surface area contributed by atoms with Crippen LogP contribution in [0.3, 0.4) is 0 Å². The molecular weight excluding hydrogens is 256 g/mol. The van der Waals surface area contributed by atoms with E-state index in [0.29, 0.717) is 5.92 Å². The first-order chi connectivity index (χ1) is 9.45. The molecule has 4 heteroatoms. The second-order valence-electron chi connectivity index (χ2n) is 5.40. The highest BCUT2D eigenvalue weighted by atomic mass is 16.6. The molecule has 1 rings (SSSR count). The second-order valence-corrected chi connectivity index (χ2v) is 5.40. The standard InChI is InChI=1S/C16H24O4/c1-4-6-7-13(5-2)16(10-11-16)20-15(19)12(3)8-9-14(17)18/h8-9,13H,3-7,10-11H2,1-2H3,(H,17,18). The number of carbonyl (C=O) groups is 2. The summed E-state index contributed by atoms with van der Waals surface area (Å²) in [6.45, 7) is 7.83. The number of aliphatic carboxylic acids is 1. The van der Waals surface area contributed by atoms with Crippen LogP contribution in [-0.2, 0) is 14.3 Å². The lowest BCUT2D eigenvalue weighted by Gasteiger charge is -2.26. The van der Waals surface area contributed by atoms with Crippen molar-refractivity contribution in [2.45, 2.75) is 58.0 Å². The summed E-state index contributed by atoms with van der Waals surface area (Å²) in [6, 6.07) is 0. The lowest BCUT2D eigenvalue weighted by Crippen LogP contribution is -2.29. The molecule has 1 aliphatic rings. The monoisotopic (exact) mass is 280 g/mol. The minimum absolute atomic E-state index is 0.0871. The molecule has 1 saturated carbocycles. The Balaban J connectivity index is 2.59. The van der Waals surface area contributed by atoms with Crippen LogP contribution in [0.25, 0.3) is 0 Å². The van der Waals surface area contributed by atoms with Crippen molar-refractivity contribution < 1.29 is 19.4 Å². The summed E-state index contributed by atoms with van der Waals surface area (Å²) in [5.74, 6) is -1.22. The summed E-state index contributed by atoms with van der Waals surface area (Å²) >= 11 is 0. The van der Waals surface area contributed by atoms with Crippen molar-refractivity contribution in [1.29, 1.82) is 0 Å². The van der Waals surface area contributed by atoms with E-state index in [-0.39, 0.29) is 11.2 Å². The Morgan fingerprint density at radius 3 is 2.45 bits per heavy atom. The van der Waals surface area contributed by atoms with E-state index in [1.54, 1.807) is 0 Å². The SMILES string of the molecule is C=C(C=CC(=O)O)C(=O)OC1(C(CC)CCCC)CC1. The van der Waals surface area contributed by atoms with Gasteiger partial charge in [0.15, 0.2) is 0 Å². The maximum Gasteiger partial charge on any atom is 0.338 e. The zero-order valence-electron chi connectivity index (χ0n) is 12.4. The number of hydrogen-bond acceptors (Lipinski definition) is 3. The van der Waals surface area contributed by atoms with Crippen LogP contribution in [0.1, 0.15) is 52.4 Å². The Labute approximate surface area is 120 Å². The van der Waals surface area contributed by atoms with E-state index >= 15 is 0 Å². The third-order valence-electron chi connectivity index (χ3n) is 3.87. The third kappa shape index (κ3) is 4.51. The number of esters is 1. The summed E-state index contributed by atoms with van der Waals surface area (Å²) in [4.78, 5) is 22.4. The lowest BCUT2D eigenvalue weighted by molar-refractivity contribution is -0.149. The molecule has 0 radical (unpaired) electrons. The molecule has 0 aromatic heterocycles. The first-order valence-corrected chi connectivity index (χ1v) is 7.28. The predicted octanol–water partition coefficient (Wildman–Crippen LogP) is 3.48. The van der Waals surface area contributed by atoms with Gasteiger partial charge >= 0.3 is 11.9 Å². The molecule has 1 fully saturated rings. The molecule has 1 N–H and O–H groups in total. The first-order valence-electron chi connectivity index (χ1n) is 7.28. The van der Waals surface area contributed by atoms with Crippen molar-refractivity contribution in [2.75, 3.05) is 0 Å². The van der Waals surface area contributed by atoms with Crippen LogP contribution in [0.4, 0.5) is 0 Å². The molecular formula is C16H24O4. The summed E-state index contributed by atoms with van der Waals surface area (Å²) in [5.41, 5.74) is -0.245. The van der Waals surface area contributed by atoms with Gasteiger partial charge in [-0.15, -0.1) is 0 Å². The Morgan fingerprint density at radius 1 is 1.35 bits per heavy atom. The van der Waals surface area contributed by atoms with Crippen molar-refractivity contribution in [3.8, 4) is 0 Å². The summed E-state index contributed by atoms with van der Waals surface area (Å²) < 4.78 is 5.61. The number of hydrogen-bond donors (Lipinski definition) is 1. The Kier molecular flexibility index (Phi) is 5.99. The minimum atomic E-state index is -1.10. The van der Waals surface area contributed by atoms with Gasteiger partial charge in [0.2, 0.25) is 0 Å². The average molecular weight is 280 g/mol. The molecule has 0 saturated heterocycles. The predicted molar refractivity (Wildman–Crippen MR) is 77.3 cm³/mol. The molecule has 4 nitrogen and oxygen atoms in total. The van der Waals surface area contributed by atoms with Crippen molar-refractivity contribution in [3.63, 3.8) is 0 Å². The molecule has 112 valence electrons. The molecule has 1 unspecified atom stereocenters. The van der Waals surface area contributed by atoms with Gasteiger partial charge in [0.05, 0.1) is 5.57 Å². The topological polar surface area (TPSA) is 63.6 Å². The van der Waals surface area contributed by atoms with Gasteiger partial charge in [0.25, 0.3) is 0 Å². The first kappa shape index (κ1) is 16.5. The highest BCUT2D eigenvalue weighted by Crippen LogP contribution is 2.49. The molecule has 0 amide bonds. The number of carboxylic acid groups (broad SMARTS) is 1. The molecule has 0 aromatic carbocycles. The Bertz CT molecular complexity index is 405. The van der Waals surface area contributed by atoms with Crippen molar-refractivity contribution in [3.05, 3.63) is 24.3 Å². The molecule has 20 heavy (non-hydrogen) atoms. The second kappa shape index (κ2) is 7.27. The highest BCUT2D eigenvalue weighted by Gasteiger charge is 2.52. The van der Waals surface area contributed by atoms with E-state index in [4.69, 9.17) is 9.84 Å². The smallest absolute Gasteiger partial charge is 0.338 e. The molecule has 1 atom stereocenters. The van der Waals surface area contributed by atoms with Crippen LogP contribution in [0, 0.1) is 5.92 Å². The molecule has 0 bridgehead atoms. The van der Waals surface area contributed by atoms with Crippen LogP contribution < -0.4 is 0 Å². The Morgan fingerprint density at radius 2 is 2.00 bits per heavy atom. The van der Waals surface area contributed by atoms with Gasteiger partial charge in [-0.3, -0.25) is 0 Å². The fourth-order valence-electron chi connectivity index (χ4n) is 2.50. The molecule has 0 heterocycles. The van der Waals surface area contributed by atoms with E-state index in [1.165, 1.54) is 6.08 Å². The lowest BCUT2D eigenvalue weighted by atomic mass is 9.91. The normalized spacial score (nSPS) is 17.7. The van der Waals surface area contributed by atoms with Crippen molar-refractivity contribution in [2.24, 2.45) is 5.92 Å². The van der Waals surface area contributed by atoms with Crippen LogP contribution in [0.15, 0.2) is 24.3 Å². The van der Waals surface area contributed by atoms with Crippen LogP contribution in [0.2, 0.25) is 0 Å². The van der Waals surface area contributed by atoms with E-state index < -0.39 is 11.9 Å². The zero-order chi connectivity index (χ0) is 15.2. The number of carboxylic acids is 1. The molecule has 0 aliphatic heterocycles. The van der Waals surface area contributed by atoms with Gasteiger partial charge in [-0.05, 0) is 37.7 Å².